The van der Waals surface area contributed by atoms with Crippen LogP contribution in [-0.4, -0.2) is 125 Å². The van der Waals surface area contributed by atoms with Crippen molar-refractivity contribution in [2.75, 3.05) is 6.54 Å². The molecule has 0 aromatic carbocycles. The number of esters is 1. The van der Waals surface area contributed by atoms with Gasteiger partial charge < -0.3 is 64.1 Å². The van der Waals surface area contributed by atoms with Crippen LogP contribution in [0.15, 0.2) is 4.99 Å². The SMILES string of the molecule is CC(C)[C@@H]1NC(=O)[C@@H](C(C)C)NC(=O)[C@@H](NC(=O)CC(O)CCCCCCCCCCCCN=C(N)N)[C@@H](C)OC(=O)[C@@H](C)NC(=O)[C@@H](CC(N)=O)NC(=O)[C@@H]([C@@H](C)O)NC1=O. The van der Waals surface area contributed by atoms with Crippen LogP contribution in [-0.2, 0) is 43.1 Å². The molecular weight excluding hydrogens is 809 g/mol. The lowest BCUT2D eigenvalue weighted by atomic mass is 9.98. The largest absolute Gasteiger partial charge is 0.458 e. The number of nitrogens with zero attached hydrogens (tertiary/aromatic N) is 1. The van der Waals surface area contributed by atoms with Crippen molar-refractivity contribution in [3.63, 3.8) is 0 Å². The summed E-state index contributed by atoms with van der Waals surface area (Å²) < 4.78 is 5.52. The third-order valence-corrected chi connectivity index (χ3v) is 10.3. The summed E-state index contributed by atoms with van der Waals surface area (Å²) in [7, 11) is 0. The molecule has 354 valence electrons. The number of hydrogen-bond acceptors (Lipinski definition) is 12. The van der Waals surface area contributed by atoms with Crippen LogP contribution in [0.5, 0.6) is 0 Å². The van der Waals surface area contributed by atoms with E-state index >= 15 is 0 Å². The molecule has 1 unspecified atom stereocenters. The number of cyclic esters (lactones) is 1. The first kappa shape index (κ1) is 55.0. The molecule has 9 atom stereocenters. The number of aliphatic hydroxyl groups excluding tert-OH is 2. The van der Waals surface area contributed by atoms with Gasteiger partial charge in [-0.2, -0.15) is 0 Å². The lowest BCUT2D eigenvalue weighted by Crippen LogP contribution is -2.63. The van der Waals surface area contributed by atoms with Crippen LogP contribution in [0, 0.1) is 11.8 Å². The van der Waals surface area contributed by atoms with Crippen molar-refractivity contribution in [1.82, 2.24) is 31.9 Å². The van der Waals surface area contributed by atoms with Gasteiger partial charge >= 0.3 is 5.97 Å². The quantitative estimate of drug-likeness (QED) is 0.0278. The van der Waals surface area contributed by atoms with Gasteiger partial charge in [0.2, 0.25) is 41.4 Å². The maximum Gasteiger partial charge on any atom is 0.328 e. The molecule has 7 amide bonds. The molecule has 21 nitrogen and oxygen atoms in total. The molecule has 0 saturated carbocycles. The Bertz CT molecular complexity index is 1520. The molecule has 1 fully saturated rings. The number of nitrogens with two attached hydrogens (primary N) is 3. The Balaban J connectivity index is 3.18. The molecule has 21 heteroatoms. The first-order chi connectivity index (χ1) is 29.0. The molecule has 62 heavy (non-hydrogen) atoms. The van der Waals surface area contributed by atoms with Crippen molar-refractivity contribution in [3.05, 3.63) is 0 Å². The number of rotatable bonds is 21. The zero-order valence-corrected chi connectivity index (χ0v) is 37.5. The van der Waals surface area contributed by atoms with Crippen molar-refractivity contribution in [2.45, 2.75) is 186 Å². The first-order valence-corrected chi connectivity index (χ1v) is 21.8. The number of carbonyl (C=O) groups is 8. The van der Waals surface area contributed by atoms with Crippen molar-refractivity contribution >= 4 is 53.3 Å². The molecule has 0 spiro atoms. The van der Waals surface area contributed by atoms with Gasteiger partial charge in [0.1, 0.15) is 42.4 Å². The van der Waals surface area contributed by atoms with Gasteiger partial charge in [0.05, 0.1) is 25.0 Å². The Morgan fingerprint density at radius 2 is 1.13 bits per heavy atom. The number of guanidine groups is 1. The summed E-state index contributed by atoms with van der Waals surface area (Å²) in [6, 6.07) is -8.99. The van der Waals surface area contributed by atoms with E-state index in [1.807, 2.05) is 0 Å². The summed E-state index contributed by atoms with van der Waals surface area (Å²) in [6.07, 6.45) is 5.31. The zero-order chi connectivity index (χ0) is 47.1. The second-order valence-electron chi connectivity index (χ2n) is 16.8. The minimum absolute atomic E-state index is 0.112. The molecule has 1 rings (SSSR count). The second-order valence-corrected chi connectivity index (χ2v) is 16.8. The Kier molecular flexibility index (Phi) is 25.3. The van der Waals surface area contributed by atoms with Gasteiger partial charge in [-0.05, 0) is 45.4 Å². The molecule has 0 bridgehead atoms. The fraction of sp³-hybridized carbons (Fsp3) is 0.780. The van der Waals surface area contributed by atoms with Crippen LogP contribution in [0.4, 0.5) is 0 Å². The number of unbranched alkanes of at least 4 members (excludes halogenated alkanes) is 9. The minimum atomic E-state index is -1.68. The van der Waals surface area contributed by atoms with Gasteiger partial charge in [-0.15, -0.1) is 0 Å². The van der Waals surface area contributed by atoms with Crippen molar-refractivity contribution < 1.29 is 53.3 Å². The number of carbonyl (C=O) groups excluding carboxylic acids is 8. The predicted molar refractivity (Wildman–Crippen MR) is 230 cm³/mol. The number of aliphatic imine (C=N–C) groups is 1. The van der Waals surface area contributed by atoms with Crippen molar-refractivity contribution in [1.29, 1.82) is 0 Å². The summed E-state index contributed by atoms with van der Waals surface area (Å²) in [5.74, 6) is -8.62. The predicted octanol–water partition coefficient (Wildman–Crippen LogP) is -1.26. The third-order valence-electron chi connectivity index (χ3n) is 10.3. The van der Waals surface area contributed by atoms with E-state index in [1.165, 1.54) is 20.8 Å². The average Bonchev–Trinajstić information content (AvgIpc) is 3.16. The molecule has 14 N–H and O–H groups in total. The summed E-state index contributed by atoms with van der Waals surface area (Å²) >= 11 is 0. The molecule has 0 aliphatic carbocycles. The van der Waals surface area contributed by atoms with E-state index in [4.69, 9.17) is 21.9 Å². The molecule has 0 aromatic rings. The van der Waals surface area contributed by atoms with Gasteiger partial charge in [0, 0.05) is 6.54 Å². The number of aliphatic hydroxyl groups is 2. The zero-order valence-electron chi connectivity index (χ0n) is 37.5. The van der Waals surface area contributed by atoms with Crippen LogP contribution in [0.1, 0.15) is 132 Å². The average molecular weight is 883 g/mol. The van der Waals surface area contributed by atoms with Crippen LogP contribution >= 0.6 is 0 Å². The van der Waals surface area contributed by atoms with Gasteiger partial charge in [0.15, 0.2) is 5.96 Å². The van der Waals surface area contributed by atoms with Crippen LogP contribution < -0.4 is 49.1 Å². The summed E-state index contributed by atoms with van der Waals surface area (Å²) in [5.41, 5.74) is 16.0. The van der Waals surface area contributed by atoms with E-state index in [0.717, 1.165) is 57.8 Å². The fourth-order valence-corrected chi connectivity index (χ4v) is 6.66. The molecule has 1 saturated heterocycles. The van der Waals surface area contributed by atoms with E-state index in [9.17, 15) is 48.6 Å². The molecule has 0 radical (unpaired) electrons. The van der Waals surface area contributed by atoms with Crippen LogP contribution in [0.25, 0.3) is 0 Å². The van der Waals surface area contributed by atoms with E-state index in [0.29, 0.717) is 19.4 Å². The van der Waals surface area contributed by atoms with Crippen molar-refractivity contribution in [2.24, 2.45) is 34.0 Å². The van der Waals surface area contributed by atoms with Gasteiger partial charge in [-0.1, -0.05) is 85.5 Å². The molecular formula is C41H74N10O11. The van der Waals surface area contributed by atoms with E-state index in [-0.39, 0.29) is 12.4 Å². The van der Waals surface area contributed by atoms with Crippen LogP contribution in [0.2, 0.25) is 0 Å². The number of hydrogen-bond donors (Lipinski definition) is 11. The molecule has 1 heterocycles. The lowest BCUT2D eigenvalue weighted by molar-refractivity contribution is -0.155. The Morgan fingerprint density at radius 1 is 0.661 bits per heavy atom. The highest BCUT2D eigenvalue weighted by atomic mass is 16.5. The minimum Gasteiger partial charge on any atom is -0.458 e. The lowest BCUT2D eigenvalue weighted by Gasteiger charge is -2.31. The topological polar surface area (TPSA) is 349 Å². The first-order valence-electron chi connectivity index (χ1n) is 21.8. The van der Waals surface area contributed by atoms with E-state index in [2.05, 4.69) is 36.9 Å². The Morgan fingerprint density at radius 3 is 1.61 bits per heavy atom. The van der Waals surface area contributed by atoms with E-state index < -0.39 is 120 Å². The van der Waals surface area contributed by atoms with Crippen molar-refractivity contribution in [3.8, 4) is 0 Å². The number of nitrogens with one attached hydrogen (secondary N) is 6. The fourth-order valence-electron chi connectivity index (χ4n) is 6.66. The Hall–Kier alpha value is -5.05. The number of amides is 7. The van der Waals surface area contributed by atoms with Crippen LogP contribution in [0.3, 0.4) is 0 Å². The second kappa shape index (κ2) is 28.5. The standard InChI is InChI=1S/C41H74N10O11/c1-22(2)31-36(57)49-32(23(3)4)37(58)51-33(25(6)52)38(59)47-28(21-29(42)54)35(56)46-24(5)40(61)62-26(7)34(39(60)50-31)48-30(55)20-27(53)18-16-14-12-10-8-9-11-13-15-17-19-45-41(43)44/h22-28,31-34,52-53H,8-21H2,1-7H3,(H2,42,54)(H,46,56)(H,47,59)(H,48,55)(H,49,57)(H,50,60)(H,51,58)(H4,43,44,45)/t24-,25-,26-,27?,28-,31-,32+,33-,34+/m1/s1. The van der Waals surface area contributed by atoms with Gasteiger partial charge in [-0.3, -0.25) is 38.6 Å². The Labute approximate surface area is 365 Å². The molecule has 1 aliphatic rings. The van der Waals surface area contributed by atoms with E-state index in [1.54, 1.807) is 27.7 Å². The smallest absolute Gasteiger partial charge is 0.328 e. The number of ether oxygens (including phenoxy) is 1. The molecule has 1 aliphatic heterocycles. The summed E-state index contributed by atoms with van der Waals surface area (Å²) in [5, 5.41) is 35.8. The molecule has 0 aromatic heterocycles. The highest BCUT2D eigenvalue weighted by molar-refractivity contribution is 5.98. The summed E-state index contributed by atoms with van der Waals surface area (Å²) in [6.45, 7) is 10.8. The monoisotopic (exact) mass is 883 g/mol. The highest BCUT2D eigenvalue weighted by Gasteiger charge is 2.39. The van der Waals surface area contributed by atoms with Gasteiger partial charge in [-0.25, -0.2) is 4.79 Å². The maximum atomic E-state index is 13.9. The van der Waals surface area contributed by atoms with Gasteiger partial charge in [0.25, 0.3) is 0 Å². The summed E-state index contributed by atoms with van der Waals surface area (Å²) in [4.78, 5) is 110. The third kappa shape index (κ3) is 21.2. The highest BCUT2D eigenvalue weighted by Crippen LogP contribution is 2.15. The normalized spacial score (nSPS) is 24.5. The maximum absolute atomic E-state index is 13.9. The number of primary amides is 1.